The molecule has 12 heteroatoms. The van der Waals surface area contributed by atoms with E-state index < -0.39 is 21.9 Å². The number of carbonyl (C=O) groups is 2. The maximum atomic E-state index is 13.3. The summed E-state index contributed by atoms with van der Waals surface area (Å²) in [6, 6.07) is 10.3. The number of carbonyl (C=O) groups excluding carboxylic acids is 1. The fourth-order valence-electron chi connectivity index (χ4n) is 3.59. The van der Waals surface area contributed by atoms with Crippen LogP contribution in [0.15, 0.2) is 47.4 Å². The first-order chi connectivity index (χ1) is 17.5. The zero-order valence-corrected chi connectivity index (χ0v) is 21.6. The molecule has 1 aromatic heterocycles. The van der Waals surface area contributed by atoms with Crippen LogP contribution in [-0.2, 0) is 10.0 Å². The van der Waals surface area contributed by atoms with Crippen molar-refractivity contribution < 1.29 is 32.6 Å². The van der Waals surface area contributed by atoms with Gasteiger partial charge in [-0.2, -0.15) is 5.10 Å². The summed E-state index contributed by atoms with van der Waals surface area (Å²) in [5.74, 6) is -0.974. The monoisotopic (exact) mass is 528 g/mol. The SMILES string of the molecule is COc1ccc(C(=O)Nc2ccc(Oc3c(C)c(C(=O)O)nn3C(C)C)c(S(=O)(=O)NC3CC3)c2)cc1. The Morgan fingerprint density at radius 1 is 1.14 bits per heavy atom. The molecule has 37 heavy (non-hydrogen) atoms. The van der Waals surface area contributed by atoms with Crippen LogP contribution < -0.4 is 19.5 Å². The van der Waals surface area contributed by atoms with Gasteiger partial charge in [0.1, 0.15) is 16.4 Å². The van der Waals surface area contributed by atoms with Crippen LogP contribution in [0.25, 0.3) is 0 Å². The first-order valence-corrected chi connectivity index (χ1v) is 13.1. The number of nitrogens with one attached hydrogen (secondary N) is 2. The number of methoxy groups -OCH3 is 1. The molecule has 0 atom stereocenters. The van der Waals surface area contributed by atoms with Crippen molar-refractivity contribution >= 4 is 27.6 Å². The number of sulfonamides is 1. The number of ether oxygens (including phenoxy) is 2. The molecule has 0 unspecified atom stereocenters. The van der Waals surface area contributed by atoms with Gasteiger partial charge in [-0.25, -0.2) is 22.6 Å². The van der Waals surface area contributed by atoms with E-state index in [1.165, 1.54) is 30.0 Å². The third-order valence-electron chi connectivity index (χ3n) is 5.73. The van der Waals surface area contributed by atoms with Gasteiger partial charge >= 0.3 is 5.97 Å². The predicted molar refractivity (Wildman–Crippen MR) is 135 cm³/mol. The molecule has 0 bridgehead atoms. The fourth-order valence-corrected chi connectivity index (χ4v) is 5.05. The molecule has 2 aromatic carbocycles. The Kier molecular flexibility index (Phi) is 7.23. The Bertz CT molecular complexity index is 1440. The first-order valence-electron chi connectivity index (χ1n) is 11.6. The molecule has 1 heterocycles. The third kappa shape index (κ3) is 5.75. The average molecular weight is 529 g/mol. The van der Waals surface area contributed by atoms with Gasteiger partial charge < -0.3 is 19.9 Å². The number of hydrogen-bond acceptors (Lipinski definition) is 7. The highest BCUT2D eigenvalue weighted by molar-refractivity contribution is 7.89. The number of rotatable bonds is 10. The normalized spacial score (nSPS) is 13.4. The van der Waals surface area contributed by atoms with Crippen molar-refractivity contribution in [1.29, 1.82) is 0 Å². The van der Waals surface area contributed by atoms with Crippen LogP contribution in [0.2, 0.25) is 0 Å². The lowest BCUT2D eigenvalue weighted by Gasteiger charge is -2.17. The van der Waals surface area contributed by atoms with E-state index in [-0.39, 0.29) is 45.6 Å². The minimum absolute atomic E-state index is 0.0302. The number of aromatic carboxylic acids is 1. The van der Waals surface area contributed by atoms with Crippen molar-refractivity contribution in [1.82, 2.24) is 14.5 Å². The first kappa shape index (κ1) is 26.2. The number of anilines is 1. The fraction of sp³-hybridized carbons (Fsp3) is 0.320. The van der Waals surface area contributed by atoms with Crippen LogP contribution in [0, 0.1) is 6.92 Å². The van der Waals surface area contributed by atoms with Gasteiger partial charge in [0.05, 0.1) is 13.2 Å². The van der Waals surface area contributed by atoms with E-state index in [1.807, 2.05) is 0 Å². The lowest BCUT2D eigenvalue weighted by atomic mass is 10.2. The lowest BCUT2D eigenvalue weighted by molar-refractivity contribution is 0.0688. The predicted octanol–water partition coefficient (Wildman–Crippen LogP) is 3.96. The van der Waals surface area contributed by atoms with E-state index >= 15 is 0 Å². The molecule has 1 aliphatic rings. The zero-order valence-electron chi connectivity index (χ0n) is 20.8. The summed E-state index contributed by atoms with van der Waals surface area (Å²) in [6.45, 7) is 5.15. The van der Waals surface area contributed by atoms with Crippen LogP contribution in [0.4, 0.5) is 5.69 Å². The average Bonchev–Trinajstić information content (AvgIpc) is 3.60. The number of nitrogens with zero attached hydrogens (tertiary/aromatic N) is 2. The van der Waals surface area contributed by atoms with Gasteiger partial charge in [0.25, 0.3) is 5.91 Å². The number of benzene rings is 2. The number of amides is 1. The molecule has 196 valence electrons. The van der Waals surface area contributed by atoms with Crippen molar-refractivity contribution in [2.45, 2.75) is 50.6 Å². The van der Waals surface area contributed by atoms with E-state index in [2.05, 4.69) is 15.1 Å². The summed E-state index contributed by atoms with van der Waals surface area (Å²) < 4.78 is 41.6. The number of hydrogen-bond donors (Lipinski definition) is 3. The van der Waals surface area contributed by atoms with Gasteiger partial charge in [-0.3, -0.25) is 4.79 Å². The molecule has 1 fully saturated rings. The molecular formula is C25H28N4O7S. The van der Waals surface area contributed by atoms with Crippen LogP contribution in [0.3, 0.4) is 0 Å². The smallest absolute Gasteiger partial charge is 0.356 e. The third-order valence-corrected chi connectivity index (χ3v) is 7.27. The second-order valence-electron chi connectivity index (χ2n) is 8.96. The molecule has 11 nitrogen and oxygen atoms in total. The van der Waals surface area contributed by atoms with Crippen LogP contribution in [-0.4, -0.2) is 48.3 Å². The van der Waals surface area contributed by atoms with Gasteiger partial charge in [-0.1, -0.05) is 0 Å². The molecule has 1 amide bonds. The van der Waals surface area contributed by atoms with Crippen LogP contribution >= 0.6 is 0 Å². The maximum Gasteiger partial charge on any atom is 0.356 e. The molecule has 4 rings (SSSR count). The Hall–Kier alpha value is -3.90. The van der Waals surface area contributed by atoms with Gasteiger partial charge in [0, 0.05) is 22.9 Å². The Balaban J connectivity index is 1.71. The van der Waals surface area contributed by atoms with E-state index in [1.54, 1.807) is 45.0 Å². The second kappa shape index (κ2) is 10.2. The summed E-state index contributed by atoms with van der Waals surface area (Å²) in [4.78, 5) is 24.2. The minimum atomic E-state index is -4.02. The number of aromatic nitrogens is 2. The second-order valence-corrected chi connectivity index (χ2v) is 10.6. The van der Waals surface area contributed by atoms with Crippen molar-refractivity contribution in [2.75, 3.05) is 12.4 Å². The Morgan fingerprint density at radius 3 is 2.38 bits per heavy atom. The summed E-state index contributed by atoms with van der Waals surface area (Å²) in [7, 11) is -2.50. The van der Waals surface area contributed by atoms with Gasteiger partial charge in [-0.05, 0) is 76.1 Å². The summed E-state index contributed by atoms with van der Waals surface area (Å²) in [6.07, 6.45) is 1.45. The van der Waals surface area contributed by atoms with Crippen molar-refractivity contribution in [3.8, 4) is 17.4 Å². The van der Waals surface area contributed by atoms with E-state index in [9.17, 15) is 23.1 Å². The van der Waals surface area contributed by atoms with Crippen LogP contribution in [0.5, 0.6) is 17.4 Å². The van der Waals surface area contributed by atoms with Crippen molar-refractivity contribution in [3.63, 3.8) is 0 Å². The lowest BCUT2D eigenvalue weighted by Crippen LogP contribution is -2.26. The molecule has 1 aliphatic carbocycles. The maximum absolute atomic E-state index is 13.3. The highest BCUT2D eigenvalue weighted by atomic mass is 32.2. The molecule has 0 spiro atoms. The zero-order chi connectivity index (χ0) is 26.9. The van der Waals surface area contributed by atoms with Gasteiger partial charge in [-0.15, -0.1) is 0 Å². The molecule has 0 aliphatic heterocycles. The van der Waals surface area contributed by atoms with Crippen molar-refractivity contribution in [3.05, 3.63) is 59.3 Å². The largest absolute Gasteiger partial charge is 0.497 e. The van der Waals surface area contributed by atoms with Crippen LogP contribution in [0.1, 0.15) is 59.1 Å². The van der Waals surface area contributed by atoms with E-state index in [4.69, 9.17) is 9.47 Å². The molecular weight excluding hydrogens is 500 g/mol. The number of carboxylic acids is 1. The van der Waals surface area contributed by atoms with Gasteiger partial charge in [0.2, 0.25) is 15.9 Å². The molecule has 0 radical (unpaired) electrons. The van der Waals surface area contributed by atoms with Gasteiger partial charge in [0.15, 0.2) is 5.69 Å². The standard InChI is InChI=1S/C25H28N4O7S/c1-14(2)29-24(15(3)22(27-29)25(31)32)36-20-12-9-18(13-21(20)37(33,34)28-17-7-8-17)26-23(30)16-5-10-19(35-4)11-6-16/h5-6,9-14,17,28H,7-8H2,1-4H3,(H,26,30)(H,31,32). The molecule has 0 saturated heterocycles. The quantitative estimate of drug-likeness (QED) is 0.358. The molecule has 3 aromatic rings. The molecule has 1 saturated carbocycles. The van der Waals surface area contributed by atoms with E-state index in [0.717, 1.165) is 12.8 Å². The highest BCUT2D eigenvalue weighted by Gasteiger charge is 2.31. The minimum Gasteiger partial charge on any atom is -0.497 e. The summed E-state index contributed by atoms with van der Waals surface area (Å²) in [5.41, 5.74) is 0.674. The highest BCUT2D eigenvalue weighted by Crippen LogP contribution is 2.36. The Morgan fingerprint density at radius 2 is 1.81 bits per heavy atom. The topological polar surface area (TPSA) is 149 Å². The Labute approximate surface area is 214 Å². The van der Waals surface area contributed by atoms with Crippen molar-refractivity contribution in [2.24, 2.45) is 0 Å². The summed E-state index contributed by atoms with van der Waals surface area (Å²) >= 11 is 0. The summed E-state index contributed by atoms with van der Waals surface area (Å²) in [5, 5.41) is 16.3. The molecule has 3 N–H and O–H groups in total. The van der Waals surface area contributed by atoms with E-state index in [0.29, 0.717) is 11.3 Å². The number of carboxylic acid groups (broad SMARTS) is 1.